The van der Waals surface area contributed by atoms with Gasteiger partial charge in [-0.15, -0.1) is 5.10 Å². The van der Waals surface area contributed by atoms with E-state index in [0.29, 0.717) is 17.3 Å². The van der Waals surface area contributed by atoms with Crippen molar-refractivity contribution in [2.24, 2.45) is 0 Å². The van der Waals surface area contributed by atoms with Crippen LogP contribution in [0.15, 0.2) is 24.4 Å². The number of aryl methyl sites for hydroxylation is 1. The van der Waals surface area contributed by atoms with Gasteiger partial charge in [0.1, 0.15) is 17.7 Å². The quantitative estimate of drug-likeness (QED) is 0.866. The lowest BCUT2D eigenvalue weighted by molar-refractivity contribution is 0.163. The van der Waals surface area contributed by atoms with Crippen LogP contribution in [0.2, 0.25) is 0 Å². The van der Waals surface area contributed by atoms with E-state index >= 15 is 0 Å². The smallest absolute Gasteiger partial charge is 0.213 e. The highest BCUT2D eigenvalue weighted by Crippen LogP contribution is 2.25. The first-order valence-electron chi connectivity index (χ1n) is 7.75. The van der Waals surface area contributed by atoms with Gasteiger partial charge in [0.15, 0.2) is 5.82 Å². The molecule has 1 fully saturated rings. The fourth-order valence-electron chi connectivity index (χ4n) is 2.72. The standard InChI is InChI=1S/C17H19N5O/c1-12-13(2)20-21-17(15(12)11-18)22-9-6-14(7-10-22)23-16-5-3-4-8-19-16/h3-5,8,14H,6-7,9-10H2,1-2H3. The molecule has 0 amide bonds. The summed E-state index contributed by atoms with van der Waals surface area (Å²) in [5.74, 6) is 1.35. The van der Waals surface area contributed by atoms with Crippen molar-refractivity contribution in [2.45, 2.75) is 32.8 Å². The summed E-state index contributed by atoms with van der Waals surface area (Å²) in [6, 6.07) is 7.93. The molecular formula is C17H19N5O. The summed E-state index contributed by atoms with van der Waals surface area (Å²) < 4.78 is 5.90. The number of hydrogen-bond donors (Lipinski definition) is 0. The van der Waals surface area contributed by atoms with Crippen molar-refractivity contribution in [3.8, 4) is 11.9 Å². The van der Waals surface area contributed by atoms with Crippen LogP contribution in [0.25, 0.3) is 0 Å². The molecule has 6 nitrogen and oxygen atoms in total. The minimum absolute atomic E-state index is 0.145. The molecule has 2 aromatic rings. The highest BCUT2D eigenvalue weighted by atomic mass is 16.5. The van der Waals surface area contributed by atoms with Crippen molar-refractivity contribution in [1.29, 1.82) is 5.26 Å². The van der Waals surface area contributed by atoms with Gasteiger partial charge in [0.2, 0.25) is 5.88 Å². The highest BCUT2D eigenvalue weighted by molar-refractivity contribution is 5.57. The Balaban J connectivity index is 1.68. The van der Waals surface area contributed by atoms with Gasteiger partial charge in [-0.25, -0.2) is 4.98 Å². The van der Waals surface area contributed by atoms with Gasteiger partial charge >= 0.3 is 0 Å². The minimum atomic E-state index is 0.145. The summed E-state index contributed by atoms with van der Waals surface area (Å²) in [7, 11) is 0. The molecule has 23 heavy (non-hydrogen) atoms. The van der Waals surface area contributed by atoms with Crippen molar-refractivity contribution in [3.63, 3.8) is 0 Å². The SMILES string of the molecule is Cc1nnc(N2CCC(Oc3ccccn3)CC2)c(C#N)c1C. The zero-order valence-corrected chi connectivity index (χ0v) is 13.4. The van der Waals surface area contributed by atoms with Gasteiger partial charge in [-0.05, 0) is 25.5 Å². The summed E-state index contributed by atoms with van der Waals surface area (Å²) in [5, 5.41) is 17.8. The van der Waals surface area contributed by atoms with E-state index in [1.165, 1.54) is 0 Å². The molecule has 0 spiro atoms. The van der Waals surface area contributed by atoms with Crippen LogP contribution < -0.4 is 9.64 Å². The van der Waals surface area contributed by atoms with Crippen LogP contribution in [0.5, 0.6) is 5.88 Å². The number of piperidine rings is 1. The van der Waals surface area contributed by atoms with Gasteiger partial charge in [-0.3, -0.25) is 0 Å². The Labute approximate surface area is 135 Å². The lowest BCUT2D eigenvalue weighted by atomic mass is 10.1. The van der Waals surface area contributed by atoms with Crippen molar-refractivity contribution < 1.29 is 4.74 Å². The minimum Gasteiger partial charge on any atom is -0.474 e. The Morgan fingerprint density at radius 3 is 2.65 bits per heavy atom. The lowest BCUT2D eigenvalue weighted by Crippen LogP contribution is -2.39. The second-order valence-corrected chi connectivity index (χ2v) is 5.69. The Hall–Kier alpha value is -2.68. The zero-order chi connectivity index (χ0) is 16.2. The summed E-state index contributed by atoms with van der Waals surface area (Å²) in [6.07, 6.45) is 3.62. The van der Waals surface area contributed by atoms with Crippen LogP contribution >= 0.6 is 0 Å². The van der Waals surface area contributed by atoms with Gasteiger partial charge < -0.3 is 9.64 Å². The molecule has 118 valence electrons. The van der Waals surface area contributed by atoms with Crippen LogP contribution in [-0.4, -0.2) is 34.4 Å². The average Bonchev–Trinajstić information content (AvgIpc) is 2.59. The molecule has 6 heteroatoms. The van der Waals surface area contributed by atoms with Crippen molar-refractivity contribution >= 4 is 5.82 Å². The number of ether oxygens (including phenoxy) is 1. The Morgan fingerprint density at radius 1 is 1.22 bits per heavy atom. The van der Waals surface area contributed by atoms with Crippen LogP contribution in [0, 0.1) is 25.2 Å². The number of aromatic nitrogens is 3. The Bertz CT molecular complexity index is 718. The third kappa shape index (κ3) is 3.24. The number of pyridine rings is 1. The predicted molar refractivity (Wildman–Crippen MR) is 86.3 cm³/mol. The summed E-state index contributed by atoms with van der Waals surface area (Å²) in [4.78, 5) is 6.32. The molecule has 0 aliphatic carbocycles. The molecule has 2 aromatic heterocycles. The molecule has 0 N–H and O–H groups in total. The maximum atomic E-state index is 9.42. The van der Waals surface area contributed by atoms with E-state index in [4.69, 9.17) is 4.74 Å². The first kappa shape index (κ1) is 15.2. The first-order chi connectivity index (χ1) is 11.2. The summed E-state index contributed by atoms with van der Waals surface area (Å²) >= 11 is 0. The molecule has 1 aliphatic heterocycles. The van der Waals surface area contributed by atoms with Gasteiger partial charge in [-0.1, -0.05) is 6.07 Å². The maximum absolute atomic E-state index is 9.42. The van der Waals surface area contributed by atoms with Gasteiger partial charge in [0.25, 0.3) is 0 Å². The number of anilines is 1. The van der Waals surface area contributed by atoms with Gasteiger partial charge in [0.05, 0.1) is 5.69 Å². The molecule has 3 rings (SSSR count). The second-order valence-electron chi connectivity index (χ2n) is 5.69. The molecule has 0 radical (unpaired) electrons. The molecule has 0 bridgehead atoms. The van der Waals surface area contributed by atoms with Crippen LogP contribution in [0.1, 0.15) is 29.7 Å². The molecule has 0 aromatic carbocycles. The Morgan fingerprint density at radius 2 is 2.00 bits per heavy atom. The lowest BCUT2D eigenvalue weighted by Gasteiger charge is -2.33. The number of nitrogens with zero attached hydrogens (tertiary/aromatic N) is 5. The average molecular weight is 309 g/mol. The third-order valence-corrected chi connectivity index (χ3v) is 4.21. The van der Waals surface area contributed by atoms with Crippen molar-refractivity contribution in [3.05, 3.63) is 41.2 Å². The normalized spacial score (nSPS) is 15.3. The van der Waals surface area contributed by atoms with Crippen LogP contribution in [0.3, 0.4) is 0 Å². The molecular weight excluding hydrogens is 290 g/mol. The summed E-state index contributed by atoms with van der Waals surface area (Å²) in [6.45, 7) is 5.38. The predicted octanol–water partition coefficient (Wildman–Crippen LogP) is 2.41. The van der Waals surface area contributed by atoms with Crippen LogP contribution in [-0.2, 0) is 0 Å². The van der Waals surface area contributed by atoms with E-state index in [1.54, 1.807) is 6.20 Å². The van der Waals surface area contributed by atoms with Gasteiger partial charge in [-0.2, -0.15) is 10.4 Å². The molecule has 0 atom stereocenters. The topological polar surface area (TPSA) is 74.9 Å². The molecule has 0 saturated carbocycles. The fraction of sp³-hybridized carbons (Fsp3) is 0.412. The number of nitriles is 1. The largest absolute Gasteiger partial charge is 0.474 e. The number of rotatable bonds is 3. The summed E-state index contributed by atoms with van der Waals surface area (Å²) in [5.41, 5.74) is 2.34. The highest BCUT2D eigenvalue weighted by Gasteiger charge is 2.24. The van der Waals surface area contributed by atoms with Crippen LogP contribution in [0.4, 0.5) is 5.82 Å². The molecule has 1 saturated heterocycles. The van der Waals surface area contributed by atoms with Gasteiger partial charge in [0, 0.05) is 38.2 Å². The zero-order valence-electron chi connectivity index (χ0n) is 13.4. The Kier molecular flexibility index (Phi) is 4.38. The molecule has 1 aliphatic rings. The van der Waals surface area contributed by atoms with E-state index < -0.39 is 0 Å². The molecule has 0 unspecified atom stereocenters. The van der Waals surface area contributed by atoms with E-state index in [1.807, 2.05) is 32.0 Å². The fourth-order valence-corrected chi connectivity index (χ4v) is 2.72. The van der Waals surface area contributed by atoms with E-state index in [2.05, 4.69) is 26.2 Å². The third-order valence-electron chi connectivity index (χ3n) is 4.21. The first-order valence-corrected chi connectivity index (χ1v) is 7.75. The second kappa shape index (κ2) is 6.61. The number of hydrogen-bond acceptors (Lipinski definition) is 6. The maximum Gasteiger partial charge on any atom is 0.213 e. The van der Waals surface area contributed by atoms with E-state index in [-0.39, 0.29) is 6.10 Å². The molecule has 3 heterocycles. The van der Waals surface area contributed by atoms with Crippen molar-refractivity contribution in [2.75, 3.05) is 18.0 Å². The van der Waals surface area contributed by atoms with Crippen molar-refractivity contribution in [1.82, 2.24) is 15.2 Å². The van der Waals surface area contributed by atoms with E-state index in [9.17, 15) is 5.26 Å². The monoisotopic (exact) mass is 309 g/mol. The van der Waals surface area contributed by atoms with E-state index in [0.717, 1.165) is 37.2 Å².